The van der Waals surface area contributed by atoms with Gasteiger partial charge in [-0.1, -0.05) is 25.3 Å². The van der Waals surface area contributed by atoms with Crippen molar-refractivity contribution < 1.29 is 0 Å². The molecule has 0 atom stereocenters. The van der Waals surface area contributed by atoms with Crippen LogP contribution in [0.5, 0.6) is 0 Å². The Balaban J connectivity index is 2.58. The minimum atomic E-state index is -0.122. The lowest BCUT2D eigenvalue weighted by Crippen LogP contribution is -2.16. The highest BCUT2D eigenvalue weighted by atomic mass is 32.1. The van der Waals surface area contributed by atoms with Crippen molar-refractivity contribution in [1.82, 2.24) is 24.5 Å². The third-order valence-electron chi connectivity index (χ3n) is 2.12. The summed E-state index contributed by atoms with van der Waals surface area (Å²) in [6.07, 6.45) is 0. The van der Waals surface area contributed by atoms with Gasteiger partial charge in [-0.2, -0.15) is 0 Å². The van der Waals surface area contributed by atoms with Crippen LogP contribution in [0.4, 0.5) is 5.95 Å². The number of nitrogens with zero attached hydrogens (tertiary/aromatic N) is 5. The molecule has 0 saturated carbocycles. The molecule has 0 fully saturated rings. The summed E-state index contributed by atoms with van der Waals surface area (Å²) in [7, 11) is 0. The maximum atomic E-state index is 5.72. The summed E-state index contributed by atoms with van der Waals surface area (Å²) in [6, 6.07) is 0. The van der Waals surface area contributed by atoms with Crippen molar-refractivity contribution in [2.75, 3.05) is 11.6 Å². The van der Waals surface area contributed by atoms with E-state index in [1.165, 1.54) is 16.2 Å². The summed E-state index contributed by atoms with van der Waals surface area (Å²) in [5.74, 6) is 6.39. The van der Waals surface area contributed by atoms with Gasteiger partial charge in [-0.05, 0) is 11.5 Å². The standard InChI is InChI=1S/C8H13N7S/c1-8(2,3)5-4(16-14-11-5)6-12-13-7(9)15(6)10/h10H2,1-3H3,(H2,9,13). The van der Waals surface area contributed by atoms with E-state index < -0.39 is 0 Å². The summed E-state index contributed by atoms with van der Waals surface area (Å²) in [4.78, 5) is 0.805. The molecule has 0 bridgehead atoms. The summed E-state index contributed by atoms with van der Waals surface area (Å²) in [5, 5.41) is 11.7. The first-order valence-corrected chi connectivity index (χ1v) is 5.48. The van der Waals surface area contributed by atoms with Crippen LogP contribution in [-0.2, 0) is 5.41 Å². The first kappa shape index (κ1) is 10.8. The SMILES string of the molecule is CC(C)(C)c1nnsc1-c1nnc(N)n1N. The Hall–Kier alpha value is -1.70. The smallest absolute Gasteiger partial charge is 0.241 e. The molecule has 0 spiro atoms. The zero-order valence-electron chi connectivity index (χ0n) is 9.30. The van der Waals surface area contributed by atoms with Crippen LogP contribution < -0.4 is 11.6 Å². The molecule has 0 amide bonds. The Morgan fingerprint density at radius 3 is 2.38 bits per heavy atom. The van der Waals surface area contributed by atoms with Crippen LogP contribution >= 0.6 is 11.5 Å². The molecule has 8 heteroatoms. The fourth-order valence-corrected chi connectivity index (χ4v) is 2.14. The third-order valence-corrected chi connectivity index (χ3v) is 2.85. The topological polar surface area (TPSA) is 109 Å². The largest absolute Gasteiger partial charge is 0.366 e. The van der Waals surface area contributed by atoms with Gasteiger partial charge in [0.1, 0.15) is 4.88 Å². The Bertz CT molecular complexity index is 507. The Morgan fingerprint density at radius 2 is 1.88 bits per heavy atom. The van der Waals surface area contributed by atoms with Crippen LogP contribution in [0.1, 0.15) is 26.5 Å². The average molecular weight is 239 g/mol. The van der Waals surface area contributed by atoms with E-state index in [1.54, 1.807) is 0 Å². The van der Waals surface area contributed by atoms with E-state index in [2.05, 4.69) is 19.8 Å². The van der Waals surface area contributed by atoms with Crippen molar-refractivity contribution in [3.63, 3.8) is 0 Å². The van der Waals surface area contributed by atoms with Crippen LogP contribution in [0.15, 0.2) is 0 Å². The van der Waals surface area contributed by atoms with E-state index in [0.29, 0.717) is 5.82 Å². The predicted molar refractivity (Wildman–Crippen MR) is 62.2 cm³/mol. The molecule has 0 aromatic carbocycles. The van der Waals surface area contributed by atoms with Crippen LogP contribution in [0.25, 0.3) is 10.7 Å². The molecule has 2 heterocycles. The van der Waals surface area contributed by atoms with Gasteiger partial charge in [-0.15, -0.1) is 15.3 Å². The van der Waals surface area contributed by atoms with E-state index >= 15 is 0 Å². The van der Waals surface area contributed by atoms with E-state index in [9.17, 15) is 0 Å². The molecule has 0 radical (unpaired) electrons. The number of nitrogen functional groups attached to an aromatic ring is 2. The Kier molecular flexibility index (Phi) is 2.30. The second-order valence-corrected chi connectivity index (χ2v) is 5.21. The lowest BCUT2D eigenvalue weighted by molar-refractivity contribution is 0.567. The molecule has 7 nitrogen and oxygen atoms in total. The minimum absolute atomic E-state index is 0.122. The van der Waals surface area contributed by atoms with Gasteiger partial charge in [-0.3, -0.25) is 0 Å². The third kappa shape index (κ3) is 1.60. The first-order chi connectivity index (χ1) is 7.41. The maximum Gasteiger partial charge on any atom is 0.241 e. The Labute approximate surface area is 96.6 Å². The number of rotatable bonds is 1. The van der Waals surface area contributed by atoms with Gasteiger partial charge >= 0.3 is 0 Å². The molecular formula is C8H13N7S. The number of aromatic nitrogens is 5. The van der Waals surface area contributed by atoms with Crippen molar-refractivity contribution in [1.29, 1.82) is 0 Å². The van der Waals surface area contributed by atoms with Crippen molar-refractivity contribution >= 4 is 17.5 Å². The van der Waals surface area contributed by atoms with Gasteiger partial charge in [0.15, 0.2) is 5.82 Å². The molecule has 0 aliphatic heterocycles. The van der Waals surface area contributed by atoms with Crippen molar-refractivity contribution in [2.45, 2.75) is 26.2 Å². The zero-order valence-corrected chi connectivity index (χ0v) is 10.1. The van der Waals surface area contributed by atoms with Crippen LogP contribution in [0.2, 0.25) is 0 Å². The highest BCUT2D eigenvalue weighted by Crippen LogP contribution is 2.32. The number of hydrogen-bond donors (Lipinski definition) is 2. The highest BCUT2D eigenvalue weighted by molar-refractivity contribution is 7.09. The van der Waals surface area contributed by atoms with Gasteiger partial charge in [0.25, 0.3) is 0 Å². The van der Waals surface area contributed by atoms with Crippen LogP contribution in [0, 0.1) is 0 Å². The minimum Gasteiger partial charge on any atom is -0.366 e. The number of hydrogen-bond acceptors (Lipinski definition) is 7. The van der Waals surface area contributed by atoms with Gasteiger partial charge in [-0.25, -0.2) is 4.68 Å². The van der Waals surface area contributed by atoms with E-state index in [-0.39, 0.29) is 11.4 Å². The van der Waals surface area contributed by atoms with Gasteiger partial charge < -0.3 is 11.6 Å². The fourth-order valence-electron chi connectivity index (χ4n) is 1.29. The van der Waals surface area contributed by atoms with Gasteiger partial charge in [0, 0.05) is 5.41 Å². The average Bonchev–Trinajstić information content (AvgIpc) is 2.74. The Morgan fingerprint density at radius 1 is 1.19 bits per heavy atom. The fraction of sp³-hybridized carbons (Fsp3) is 0.500. The molecule has 0 unspecified atom stereocenters. The predicted octanol–water partition coefficient (Wildman–Crippen LogP) is 0.390. The van der Waals surface area contributed by atoms with E-state index in [0.717, 1.165) is 10.6 Å². The monoisotopic (exact) mass is 239 g/mol. The summed E-state index contributed by atoms with van der Waals surface area (Å²) in [5.41, 5.74) is 6.26. The first-order valence-electron chi connectivity index (χ1n) is 4.70. The maximum absolute atomic E-state index is 5.72. The van der Waals surface area contributed by atoms with Crippen LogP contribution in [0.3, 0.4) is 0 Å². The van der Waals surface area contributed by atoms with Gasteiger partial charge in [0.05, 0.1) is 5.69 Å². The molecule has 2 aromatic rings. The second kappa shape index (κ2) is 3.41. The van der Waals surface area contributed by atoms with Crippen molar-refractivity contribution in [3.8, 4) is 10.7 Å². The lowest BCUT2D eigenvalue weighted by Gasteiger charge is -2.15. The molecule has 0 aliphatic rings. The number of anilines is 1. The molecule has 2 aromatic heterocycles. The van der Waals surface area contributed by atoms with E-state index in [4.69, 9.17) is 11.6 Å². The van der Waals surface area contributed by atoms with Gasteiger partial charge in [0.2, 0.25) is 5.95 Å². The molecule has 16 heavy (non-hydrogen) atoms. The van der Waals surface area contributed by atoms with E-state index in [1.807, 2.05) is 20.8 Å². The molecular weight excluding hydrogens is 226 g/mol. The van der Waals surface area contributed by atoms with Crippen molar-refractivity contribution in [3.05, 3.63) is 5.69 Å². The summed E-state index contributed by atoms with van der Waals surface area (Å²) < 4.78 is 5.17. The van der Waals surface area contributed by atoms with Crippen LogP contribution in [-0.4, -0.2) is 24.5 Å². The summed E-state index contributed by atoms with van der Waals surface area (Å²) in [6.45, 7) is 6.15. The molecule has 0 saturated heterocycles. The normalized spacial score (nSPS) is 11.9. The van der Waals surface area contributed by atoms with Crippen molar-refractivity contribution in [2.24, 2.45) is 0 Å². The summed E-state index contributed by atoms with van der Waals surface area (Å²) >= 11 is 1.24. The molecule has 4 N–H and O–H groups in total. The highest BCUT2D eigenvalue weighted by Gasteiger charge is 2.26. The molecule has 86 valence electrons. The zero-order chi connectivity index (χ0) is 11.9. The quantitative estimate of drug-likeness (QED) is 0.697. The number of nitrogens with two attached hydrogens (primary N) is 2. The lowest BCUT2D eigenvalue weighted by atomic mass is 9.91. The molecule has 2 rings (SSSR count). The second-order valence-electron chi connectivity index (χ2n) is 4.45. The molecule has 0 aliphatic carbocycles.